The zero-order valence-corrected chi connectivity index (χ0v) is 11.9. The Hall–Kier alpha value is -2.10. The first-order chi connectivity index (χ1) is 9.81. The molecule has 0 radical (unpaired) electrons. The lowest BCUT2D eigenvalue weighted by atomic mass is 10.1. The number of nitrogens with one attached hydrogen (secondary N) is 2. The number of carbonyl (C=O) groups excluding carboxylic acids is 1. The number of aromatic nitrogens is 1. The number of unbranched alkanes of at least 4 members (excludes halogenated alkanes) is 3. The molecule has 0 aliphatic heterocycles. The fraction of sp³-hybridized carbons (Fsp3) is 0.375. The standard InChI is InChI=1S/C16H21N3O/c1-2-3-4-5-10-16(20)19-18-12-13-11-17-15-9-7-6-8-14(13)15/h6-9,11-12,17H,2-5,10H2,1H3,(H,19,20). The molecule has 0 bridgehead atoms. The van der Waals surface area contributed by atoms with Crippen LogP contribution in [0.25, 0.3) is 10.9 Å². The van der Waals surface area contributed by atoms with Crippen LogP contribution >= 0.6 is 0 Å². The Bertz CT molecular complexity index is 586. The summed E-state index contributed by atoms with van der Waals surface area (Å²) in [6, 6.07) is 8.01. The lowest BCUT2D eigenvalue weighted by molar-refractivity contribution is -0.121. The van der Waals surface area contributed by atoms with E-state index in [1.54, 1.807) is 6.21 Å². The van der Waals surface area contributed by atoms with Gasteiger partial charge in [-0.25, -0.2) is 5.43 Å². The minimum Gasteiger partial charge on any atom is -0.361 e. The Balaban J connectivity index is 1.82. The lowest BCUT2D eigenvalue weighted by Gasteiger charge is -1.99. The Morgan fingerprint density at radius 3 is 3.00 bits per heavy atom. The van der Waals surface area contributed by atoms with Crippen molar-refractivity contribution in [3.05, 3.63) is 36.0 Å². The van der Waals surface area contributed by atoms with Gasteiger partial charge in [-0.15, -0.1) is 0 Å². The molecule has 20 heavy (non-hydrogen) atoms. The van der Waals surface area contributed by atoms with Crippen LogP contribution in [0.2, 0.25) is 0 Å². The number of hydrogen-bond acceptors (Lipinski definition) is 2. The highest BCUT2D eigenvalue weighted by atomic mass is 16.2. The third-order valence-corrected chi connectivity index (χ3v) is 3.27. The maximum Gasteiger partial charge on any atom is 0.240 e. The molecule has 0 saturated carbocycles. The summed E-state index contributed by atoms with van der Waals surface area (Å²) in [6.07, 6.45) is 8.53. The average Bonchev–Trinajstić information content (AvgIpc) is 2.87. The van der Waals surface area contributed by atoms with Crippen LogP contribution in [0.3, 0.4) is 0 Å². The molecule has 4 nitrogen and oxygen atoms in total. The Kier molecular flexibility index (Phi) is 5.35. The highest BCUT2D eigenvalue weighted by molar-refractivity contribution is 5.99. The van der Waals surface area contributed by atoms with E-state index in [0.29, 0.717) is 6.42 Å². The SMILES string of the molecule is CCCCCCC(=O)NN=Cc1c[nH]c2ccccc12. The molecule has 1 aromatic carbocycles. The first-order valence-corrected chi connectivity index (χ1v) is 7.19. The topological polar surface area (TPSA) is 57.2 Å². The monoisotopic (exact) mass is 271 g/mol. The van der Waals surface area contributed by atoms with Crippen LogP contribution in [0.15, 0.2) is 35.6 Å². The summed E-state index contributed by atoms with van der Waals surface area (Å²) in [5.41, 5.74) is 4.63. The van der Waals surface area contributed by atoms with Gasteiger partial charge in [0.15, 0.2) is 0 Å². The van der Waals surface area contributed by atoms with Gasteiger partial charge in [0, 0.05) is 29.1 Å². The highest BCUT2D eigenvalue weighted by Crippen LogP contribution is 2.15. The summed E-state index contributed by atoms with van der Waals surface area (Å²) in [5, 5.41) is 5.12. The van der Waals surface area contributed by atoms with Crippen LogP contribution in [0.4, 0.5) is 0 Å². The van der Waals surface area contributed by atoms with Crippen molar-refractivity contribution >= 4 is 23.0 Å². The number of fused-ring (bicyclic) bond motifs is 1. The number of aromatic amines is 1. The molecule has 1 aromatic heterocycles. The zero-order valence-electron chi connectivity index (χ0n) is 11.9. The number of rotatable bonds is 7. The van der Waals surface area contributed by atoms with Gasteiger partial charge in [-0.3, -0.25) is 4.79 Å². The third kappa shape index (κ3) is 3.95. The Morgan fingerprint density at radius 1 is 1.30 bits per heavy atom. The smallest absolute Gasteiger partial charge is 0.240 e. The molecule has 0 saturated heterocycles. The normalized spacial score (nSPS) is 11.2. The van der Waals surface area contributed by atoms with Crippen molar-refractivity contribution in [3.63, 3.8) is 0 Å². The molecule has 0 unspecified atom stereocenters. The van der Waals surface area contributed by atoms with E-state index in [4.69, 9.17) is 0 Å². The van der Waals surface area contributed by atoms with Crippen LogP contribution in [0, 0.1) is 0 Å². The van der Waals surface area contributed by atoms with Crippen LogP contribution in [-0.4, -0.2) is 17.1 Å². The van der Waals surface area contributed by atoms with E-state index in [0.717, 1.165) is 29.3 Å². The summed E-state index contributed by atoms with van der Waals surface area (Å²) in [6.45, 7) is 2.16. The first-order valence-electron chi connectivity index (χ1n) is 7.19. The van der Waals surface area contributed by atoms with Gasteiger partial charge in [-0.1, -0.05) is 44.4 Å². The maximum atomic E-state index is 11.6. The van der Waals surface area contributed by atoms with Crippen molar-refractivity contribution in [2.75, 3.05) is 0 Å². The number of nitrogens with zero attached hydrogens (tertiary/aromatic N) is 1. The molecule has 0 atom stereocenters. The predicted octanol–water partition coefficient (Wildman–Crippen LogP) is 3.59. The van der Waals surface area contributed by atoms with E-state index in [-0.39, 0.29) is 5.91 Å². The second kappa shape index (κ2) is 7.48. The summed E-state index contributed by atoms with van der Waals surface area (Å²) < 4.78 is 0. The fourth-order valence-electron chi connectivity index (χ4n) is 2.14. The van der Waals surface area contributed by atoms with Crippen molar-refractivity contribution in [1.29, 1.82) is 0 Å². The molecular formula is C16H21N3O. The van der Waals surface area contributed by atoms with Crippen molar-refractivity contribution in [1.82, 2.24) is 10.4 Å². The maximum absolute atomic E-state index is 11.6. The number of benzene rings is 1. The minimum atomic E-state index is -0.0165. The van der Waals surface area contributed by atoms with E-state index in [1.807, 2.05) is 30.5 Å². The molecular weight excluding hydrogens is 250 g/mol. The van der Waals surface area contributed by atoms with Crippen LogP contribution < -0.4 is 5.43 Å². The summed E-state index contributed by atoms with van der Waals surface area (Å²) >= 11 is 0. The number of hydrogen-bond donors (Lipinski definition) is 2. The summed E-state index contributed by atoms with van der Waals surface area (Å²) in [5.74, 6) is -0.0165. The van der Waals surface area contributed by atoms with Gasteiger partial charge in [0.1, 0.15) is 0 Å². The van der Waals surface area contributed by atoms with Gasteiger partial charge in [0.25, 0.3) is 0 Å². The number of carbonyl (C=O) groups is 1. The van der Waals surface area contributed by atoms with Gasteiger partial charge >= 0.3 is 0 Å². The van der Waals surface area contributed by atoms with Crippen LogP contribution in [0.1, 0.15) is 44.6 Å². The molecule has 2 N–H and O–H groups in total. The quantitative estimate of drug-likeness (QED) is 0.451. The van der Waals surface area contributed by atoms with Crippen molar-refractivity contribution in [2.24, 2.45) is 5.10 Å². The molecule has 1 heterocycles. The Morgan fingerprint density at radius 2 is 2.15 bits per heavy atom. The van der Waals surface area contributed by atoms with E-state index in [2.05, 4.69) is 22.4 Å². The third-order valence-electron chi connectivity index (χ3n) is 3.27. The van der Waals surface area contributed by atoms with Gasteiger partial charge in [-0.2, -0.15) is 5.10 Å². The molecule has 2 rings (SSSR count). The highest BCUT2D eigenvalue weighted by Gasteiger charge is 2.01. The fourth-order valence-corrected chi connectivity index (χ4v) is 2.14. The molecule has 106 valence electrons. The molecule has 1 amide bonds. The lowest BCUT2D eigenvalue weighted by Crippen LogP contribution is -2.16. The number of para-hydroxylation sites is 1. The molecule has 2 aromatic rings. The van der Waals surface area contributed by atoms with Crippen molar-refractivity contribution in [2.45, 2.75) is 39.0 Å². The molecule has 0 aliphatic rings. The van der Waals surface area contributed by atoms with Gasteiger partial charge in [0.05, 0.1) is 6.21 Å². The molecule has 4 heteroatoms. The second-order valence-electron chi connectivity index (χ2n) is 4.89. The average molecular weight is 271 g/mol. The zero-order chi connectivity index (χ0) is 14.2. The first kappa shape index (κ1) is 14.3. The number of hydrazone groups is 1. The van der Waals surface area contributed by atoms with Crippen LogP contribution in [0.5, 0.6) is 0 Å². The summed E-state index contributed by atoms with van der Waals surface area (Å²) in [4.78, 5) is 14.7. The molecule has 0 aliphatic carbocycles. The van der Waals surface area contributed by atoms with Crippen molar-refractivity contribution < 1.29 is 4.79 Å². The van der Waals surface area contributed by atoms with Gasteiger partial charge in [-0.05, 0) is 12.5 Å². The minimum absolute atomic E-state index is 0.0165. The van der Waals surface area contributed by atoms with Gasteiger partial charge in [0.2, 0.25) is 5.91 Å². The number of amides is 1. The van der Waals surface area contributed by atoms with Gasteiger partial charge < -0.3 is 4.98 Å². The second-order valence-corrected chi connectivity index (χ2v) is 4.89. The molecule has 0 fully saturated rings. The Labute approximate surface area is 119 Å². The van der Waals surface area contributed by atoms with E-state index in [1.165, 1.54) is 12.8 Å². The summed E-state index contributed by atoms with van der Waals surface area (Å²) in [7, 11) is 0. The van der Waals surface area contributed by atoms with E-state index < -0.39 is 0 Å². The predicted molar refractivity (Wildman–Crippen MR) is 82.8 cm³/mol. The number of H-pyrrole nitrogens is 1. The largest absolute Gasteiger partial charge is 0.361 e. The van der Waals surface area contributed by atoms with E-state index >= 15 is 0 Å². The van der Waals surface area contributed by atoms with E-state index in [9.17, 15) is 4.79 Å². The van der Waals surface area contributed by atoms with Crippen molar-refractivity contribution in [3.8, 4) is 0 Å². The molecule has 0 spiro atoms. The van der Waals surface area contributed by atoms with Crippen LogP contribution in [-0.2, 0) is 4.79 Å².